The van der Waals surface area contributed by atoms with E-state index in [0.29, 0.717) is 32.4 Å². The molecule has 4 rings (SSSR count). The number of anilines is 1. The smallest absolute Gasteiger partial charge is 0.252 e. The number of aliphatic imine (C=N–C) groups is 1. The first-order chi connectivity index (χ1) is 15.2. The number of fused-ring (bicyclic) bond motifs is 1. The van der Waals surface area contributed by atoms with Crippen molar-refractivity contribution in [1.29, 1.82) is 0 Å². The monoisotopic (exact) mass is 514 g/mol. The van der Waals surface area contributed by atoms with Crippen LogP contribution in [0.1, 0.15) is 5.56 Å². The Balaban J connectivity index is 1.72. The number of methoxy groups -OCH3 is 2. The molecule has 0 aromatic heterocycles. The fraction of sp³-hybridized carbons (Fsp3) is 0.333. The average Bonchev–Trinajstić information content (AvgIpc) is 3.20. The molecule has 11 heteroatoms. The van der Waals surface area contributed by atoms with E-state index in [1.807, 2.05) is 0 Å². The molecule has 2 unspecified atom stereocenters. The molecule has 2 aliphatic rings. The maximum Gasteiger partial charge on any atom is 0.252 e. The summed E-state index contributed by atoms with van der Waals surface area (Å²) in [6.45, 7) is 0. The Morgan fingerprint density at radius 2 is 1.81 bits per heavy atom. The van der Waals surface area contributed by atoms with Crippen molar-refractivity contribution in [2.45, 2.75) is 17.7 Å². The first-order valence-electron chi connectivity index (χ1n) is 9.64. The van der Waals surface area contributed by atoms with Crippen LogP contribution in [0.5, 0.6) is 11.5 Å². The van der Waals surface area contributed by atoms with Gasteiger partial charge in [0, 0.05) is 16.3 Å². The minimum absolute atomic E-state index is 0.0232. The van der Waals surface area contributed by atoms with Crippen LogP contribution in [-0.4, -0.2) is 56.5 Å². The molecule has 0 radical (unpaired) electrons. The maximum atomic E-state index is 12.7. The van der Waals surface area contributed by atoms with Gasteiger partial charge in [-0.3, -0.25) is 4.79 Å². The molecule has 2 aromatic carbocycles. The molecule has 2 saturated heterocycles. The molecule has 0 N–H and O–H groups in total. The number of halogens is 2. The summed E-state index contributed by atoms with van der Waals surface area (Å²) in [4.78, 5) is 18.8. The van der Waals surface area contributed by atoms with Gasteiger partial charge in [0.25, 0.3) is 5.91 Å². The van der Waals surface area contributed by atoms with Crippen LogP contribution in [0.3, 0.4) is 0 Å². The lowest BCUT2D eigenvalue weighted by molar-refractivity contribution is -0.117. The number of hydrogen-bond acceptors (Lipinski definition) is 6. The molecule has 170 valence electrons. The molecule has 0 aliphatic carbocycles. The molecule has 2 fully saturated rings. The quantitative estimate of drug-likeness (QED) is 0.598. The lowest BCUT2D eigenvalue weighted by Crippen LogP contribution is -2.38. The van der Waals surface area contributed by atoms with E-state index in [9.17, 15) is 13.2 Å². The number of amides is 1. The van der Waals surface area contributed by atoms with Crippen LogP contribution in [0, 0.1) is 0 Å². The maximum absolute atomic E-state index is 12.7. The van der Waals surface area contributed by atoms with E-state index in [1.54, 1.807) is 41.3 Å². The molecule has 0 spiro atoms. The van der Waals surface area contributed by atoms with Gasteiger partial charge in [-0.2, -0.15) is 4.99 Å². The largest absolute Gasteiger partial charge is 0.495 e. The Morgan fingerprint density at radius 3 is 2.47 bits per heavy atom. The number of sulfone groups is 1. The number of thioether (sulfide) groups is 1. The zero-order valence-corrected chi connectivity index (χ0v) is 20.4. The molecule has 2 heterocycles. The molecule has 0 bridgehead atoms. The van der Waals surface area contributed by atoms with Crippen molar-refractivity contribution in [2.75, 3.05) is 30.6 Å². The zero-order valence-electron chi connectivity index (χ0n) is 17.2. The highest BCUT2D eigenvalue weighted by atomic mass is 35.5. The lowest BCUT2D eigenvalue weighted by Gasteiger charge is -2.26. The standard InChI is InChI=1S/C21H20Cl2N2O5S2/c1-29-17-9-18(30-2)15(8-14(17)23)25-16-10-32(27,28)11-19(16)31-21(25)24-20(26)7-12-3-5-13(22)6-4-12/h3-6,8-9,16,19H,7,10-11H2,1-2H3. The summed E-state index contributed by atoms with van der Waals surface area (Å²) >= 11 is 13.6. The molecule has 2 aromatic rings. The average molecular weight is 515 g/mol. The van der Waals surface area contributed by atoms with Crippen molar-refractivity contribution < 1.29 is 22.7 Å². The van der Waals surface area contributed by atoms with Gasteiger partial charge >= 0.3 is 0 Å². The number of ether oxygens (including phenoxy) is 2. The van der Waals surface area contributed by atoms with E-state index in [-0.39, 0.29) is 35.1 Å². The minimum Gasteiger partial charge on any atom is -0.495 e. The lowest BCUT2D eigenvalue weighted by atomic mass is 10.1. The van der Waals surface area contributed by atoms with E-state index in [1.165, 1.54) is 26.0 Å². The highest BCUT2D eigenvalue weighted by Gasteiger charge is 2.50. The van der Waals surface area contributed by atoms with Gasteiger partial charge in [0.1, 0.15) is 11.5 Å². The third kappa shape index (κ3) is 4.71. The first-order valence-corrected chi connectivity index (χ1v) is 13.1. The third-order valence-corrected chi connectivity index (χ3v) is 9.03. The highest BCUT2D eigenvalue weighted by molar-refractivity contribution is 8.16. The van der Waals surface area contributed by atoms with Crippen LogP contribution in [0.25, 0.3) is 0 Å². The normalized spacial score (nSPS) is 22.8. The SMILES string of the molecule is COc1cc(OC)c(N2C(=NC(=O)Cc3ccc(Cl)cc3)SC3CS(=O)(=O)CC32)cc1Cl. The van der Waals surface area contributed by atoms with E-state index >= 15 is 0 Å². The number of rotatable bonds is 5. The van der Waals surface area contributed by atoms with Gasteiger partial charge in [-0.15, -0.1) is 0 Å². The molecule has 7 nitrogen and oxygen atoms in total. The highest BCUT2D eigenvalue weighted by Crippen LogP contribution is 2.46. The minimum atomic E-state index is -3.21. The fourth-order valence-corrected chi connectivity index (χ4v) is 8.09. The summed E-state index contributed by atoms with van der Waals surface area (Å²) in [5.74, 6) is 0.500. The Labute approximate surface area is 200 Å². The molecule has 2 atom stereocenters. The molecular formula is C21H20Cl2N2O5S2. The summed E-state index contributed by atoms with van der Waals surface area (Å²) in [7, 11) is -0.212. The van der Waals surface area contributed by atoms with Gasteiger partial charge in [0.05, 0.1) is 48.9 Å². The number of hydrogen-bond donors (Lipinski definition) is 0. The van der Waals surface area contributed by atoms with Crippen LogP contribution >= 0.6 is 35.0 Å². The van der Waals surface area contributed by atoms with Crippen molar-refractivity contribution in [1.82, 2.24) is 0 Å². The van der Waals surface area contributed by atoms with Crippen molar-refractivity contribution in [3.63, 3.8) is 0 Å². The second kappa shape index (κ2) is 9.13. The van der Waals surface area contributed by atoms with Gasteiger partial charge in [0.2, 0.25) is 0 Å². The molecule has 0 saturated carbocycles. The van der Waals surface area contributed by atoms with Crippen LogP contribution in [-0.2, 0) is 21.1 Å². The zero-order chi connectivity index (χ0) is 23.0. The van der Waals surface area contributed by atoms with Crippen LogP contribution in [0.15, 0.2) is 41.4 Å². The Bertz CT molecular complexity index is 1190. The topological polar surface area (TPSA) is 85.3 Å². The first kappa shape index (κ1) is 23.2. The Morgan fingerprint density at radius 1 is 1.12 bits per heavy atom. The van der Waals surface area contributed by atoms with Gasteiger partial charge in [-0.1, -0.05) is 47.1 Å². The second-order valence-corrected chi connectivity index (χ2v) is 11.6. The van der Waals surface area contributed by atoms with Crippen molar-refractivity contribution in [3.8, 4) is 11.5 Å². The summed E-state index contributed by atoms with van der Waals surface area (Å²) < 4.78 is 35.4. The van der Waals surface area contributed by atoms with Crippen LogP contribution in [0.4, 0.5) is 5.69 Å². The predicted octanol–water partition coefficient (Wildman–Crippen LogP) is 3.85. The number of nitrogens with zero attached hydrogens (tertiary/aromatic N) is 2. The predicted molar refractivity (Wildman–Crippen MR) is 128 cm³/mol. The Hall–Kier alpha value is -1.94. The van der Waals surface area contributed by atoms with Gasteiger partial charge in [0.15, 0.2) is 15.0 Å². The van der Waals surface area contributed by atoms with Crippen molar-refractivity contribution >= 4 is 61.6 Å². The van der Waals surface area contributed by atoms with E-state index in [2.05, 4.69) is 4.99 Å². The van der Waals surface area contributed by atoms with E-state index < -0.39 is 9.84 Å². The summed E-state index contributed by atoms with van der Waals surface area (Å²) in [5.41, 5.74) is 1.32. The summed E-state index contributed by atoms with van der Waals surface area (Å²) in [6.07, 6.45) is 0.100. The summed E-state index contributed by atoms with van der Waals surface area (Å²) in [6, 6.07) is 9.87. The molecular weight excluding hydrogens is 495 g/mol. The number of carbonyl (C=O) groups excluding carboxylic acids is 1. The van der Waals surface area contributed by atoms with Gasteiger partial charge in [-0.05, 0) is 23.8 Å². The Kier molecular flexibility index (Phi) is 6.63. The third-order valence-electron chi connectivity index (χ3n) is 5.27. The number of carbonyl (C=O) groups is 1. The second-order valence-electron chi connectivity index (χ2n) is 7.42. The van der Waals surface area contributed by atoms with Gasteiger partial charge < -0.3 is 14.4 Å². The van der Waals surface area contributed by atoms with E-state index in [0.717, 1.165) is 5.56 Å². The molecule has 32 heavy (non-hydrogen) atoms. The molecule has 1 amide bonds. The summed E-state index contributed by atoms with van der Waals surface area (Å²) in [5, 5.41) is 1.10. The van der Waals surface area contributed by atoms with E-state index in [4.69, 9.17) is 32.7 Å². The number of amidine groups is 1. The fourth-order valence-electron chi connectivity index (χ4n) is 3.80. The van der Waals surface area contributed by atoms with Crippen molar-refractivity contribution in [3.05, 3.63) is 52.0 Å². The van der Waals surface area contributed by atoms with Gasteiger partial charge in [-0.25, -0.2) is 8.42 Å². The number of benzene rings is 2. The molecule has 2 aliphatic heterocycles. The van der Waals surface area contributed by atoms with Crippen LogP contribution < -0.4 is 14.4 Å². The van der Waals surface area contributed by atoms with Crippen molar-refractivity contribution in [2.24, 2.45) is 4.99 Å². The van der Waals surface area contributed by atoms with Crippen LogP contribution in [0.2, 0.25) is 10.0 Å².